The van der Waals surface area contributed by atoms with Gasteiger partial charge in [-0.15, -0.1) is 12.6 Å². The number of carbonyl (C=O) groups excluding carboxylic acids is 2. The number of nitro groups is 1. The summed E-state index contributed by atoms with van der Waals surface area (Å²) >= 11 is 3.77. The van der Waals surface area contributed by atoms with Gasteiger partial charge >= 0.3 is 18.0 Å². The Labute approximate surface area is 224 Å². The summed E-state index contributed by atoms with van der Waals surface area (Å²) in [7, 11) is 1.10. The Morgan fingerprint density at radius 1 is 1.00 bits per heavy atom. The number of allylic oxidation sites excluding steroid dienone is 4. The number of hydrogen-bond donors (Lipinski definition) is 1. The van der Waals surface area contributed by atoms with Crippen molar-refractivity contribution in [2.75, 3.05) is 7.11 Å². The van der Waals surface area contributed by atoms with Crippen LogP contribution in [0.5, 0.6) is 17.2 Å². The van der Waals surface area contributed by atoms with Gasteiger partial charge in [0.1, 0.15) is 0 Å². The second-order valence-corrected chi connectivity index (χ2v) is 7.43. The fraction of sp³-hybridized carbons (Fsp3) is 0.200. The third-order valence-electron chi connectivity index (χ3n) is 4.46. The van der Waals surface area contributed by atoms with Crippen molar-refractivity contribution in [2.24, 2.45) is 0 Å². The summed E-state index contributed by atoms with van der Waals surface area (Å²) in [6, 6.07) is 4.72. The van der Waals surface area contributed by atoms with E-state index in [1.165, 1.54) is 0 Å². The van der Waals surface area contributed by atoms with Crippen molar-refractivity contribution in [2.45, 2.75) is 26.2 Å². The number of rotatable bonds is 9. The highest BCUT2D eigenvalue weighted by Gasteiger charge is 2.43. The van der Waals surface area contributed by atoms with Crippen LogP contribution in [0.2, 0.25) is 0 Å². The Morgan fingerprint density at radius 3 is 2.08 bits per heavy atom. The molecule has 39 heavy (non-hydrogen) atoms. The van der Waals surface area contributed by atoms with E-state index < -0.39 is 56.3 Å². The molecule has 0 aliphatic rings. The van der Waals surface area contributed by atoms with Crippen LogP contribution in [0.4, 0.5) is 32.0 Å². The predicted octanol–water partition coefficient (Wildman–Crippen LogP) is 7.52. The van der Waals surface area contributed by atoms with Gasteiger partial charge in [0.05, 0.1) is 28.1 Å². The molecule has 2 rings (SSSR count). The largest absolute Gasteiger partial charge is 0.493 e. The fourth-order valence-electron chi connectivity index (χ4n) is 2.78. The van der Waals surface area contributed by atoms with Crippen molar-refractivity contribution >= 4 is 36.0 Å². The molecule has 0 radical (unpaired) electrons. The highest BCUT2D eigenvalue weighted by atomic mass is 32.1. The van der Waals surface area contributed by atoms with Crippen LogP contribution >= 0.6 is 12.6 Å². The van der Waals surface area contributed by atoms with E-state index in [0.717, 1.165) is 37.5 Å². The molecule has 0 spiro atoms. The number of carbonyl (C=O) groups is 2. The number of halogens is 6. The smallest absolute Gasteiger partial charge is 0.455 e. The number of methoxy groups -OCH3 is 1. The molecule has 0 unspecified atom stereocenters. The molecule has 0 heterocycles. The fourth-order valence-corrected chi connectivity index (χ4v) is 3.00. The van der Waals surface area contributed by atoms with Gasteiger partial charge in [0, 0.05) is 6.07 Å². The Hall–Kier alpha value is -4.07. The van der Waals surface area contributed by atoms with E-state index in [0.29, 0.717) is 18.2 Å². The summed E-state index contributed by atoms with van der Waals surface area (Å²) in [4.78, 5) is 34.0. The number of nitro benzene ring substituents is 1. The van der Waals surface area contributed by atoms with E-state index in [-0.39, 0.29) is 23.1 Å². The lowest BCUT2D eigenvalue weighted by Gasteiger charge is -2.13. The number of thiol groups is 1. The van der Waals surface area contributed by atoms with Crippen LogP contribution < -0.4 is 9.47 Å². The topological polar surface area (TPSA) is 95.7 Å². The molecule has 0 aliphatic carbocycles. The van der Waals surface area contributed by atoms with Crippen LogP contribution in [0.25, 0.3) is 6.08 Å². The van der Waals surface area contributed by atoms with E-state index in [1.807, 2.05) is 13.8 Å². The zero-order chi connectivity index (χ0) is 30.1. The molecule has 0 bridgehead atoms. The van der Waals surface area contributed by atoms with Gasteiger partial charge in [-0.3, -0.25) is 19.7 Å². The molecule has 0 aromatic heterocycles. The lowest BCUT2D eigenvalue weighted by Crippen LogP contribution is -2.28. The van der Waals surface area contributed by atoms with Crippen LogP contribution in [0.3, 0.4) is 0 Å². The second kappa shape index (κ2) is 13.6. The van der Waals surface area contributed by atoms with Crippen LogP contribution in [0.1, 0.15) is 25.0 Å². The molecule has 0 fully saturated rings. The standard InChI is InChI=1S/C23H15F6NO6S.C2H6/c1-3-4-19(37)20(31)14(21(32)23(27,28)29)9-12-5-7-17(18(10-12)35-2)36-16-8-6-13(22(24,25)26)11-15(16)30(33)34;1-2/h3-11,37H,1H2,2H3;1-2H3/b14-9-,19-4-;. The zero-order valence-electron chi connectivity index (χ0n) is 20.5. The molecule has 14 heteroatoms. The average Bonchev–Trinajstić information content (AvgIpc) is 2.87. The van der Waals surface area contributed by atoms with Crippen LogP contribution in [-0.4, -0.2) is 29.8 Å². The lowest BCUT2D eigenvalue weighted by atomic mass is 10.0. The van der Waals surface area contributed by atoms with Gasteiger partial charge in [-0.05, 0) is 42.0 Å². The molecule has 0 amide bonds. The van der Waals surface area contributed by atoms with Crippen molar-refractivity contribution in [1.29, 1.82) is 0 Å². The van der Waals surface area contributed by atoms with Gasteiger partial charge in [-0.25, -0.2) is 0 Å². The van der Waals surface area contributed by atoms with E-state index in [4.69, 9.17) is 9.47 Å². The Morgan fingerprint density at radius 2 is 1.59 bits per heavy atom. The highest BCUT2D eigenvalue weighted by Crippen LogP contribution is 2.40. The zero-order valence-corrected chi connectivity index (χ0v) is 21.4. The SMILES string of the molecule is C=C/C=C(\S)C(=O)/C(=C/c1ccc(Oc2ccc(C(F)(F)F)cc2[N+](=O)[O-])c(OC)c1)C(=O)C(F)(F)F.CC. The molecule has 7 nitrogen and oxygen atoms in total. The Kier molecular flexibility index (Phi) is 11.5. The van der Waals surface area contributed by atoms with Crippen molar-refractivity contribution in [3.05, 3.63) is 86.8 Å². The molecule has 210 valence electrons. The van der Waals surface area contributed by atoms with Gasteiger partial charge in [0.25, 0.3) is 5.78 Å². The summed E-state index contributed by atoms with van der Waals surface area (Å²) < 4.78 is 88.4. The summed E-state index contributed by atoms with van der Waals surface area (Å²) in [5.41, 5.74) is -3.73. The normalized spacial score (nSPS) is 12.2. The van der Waals surface area contributed by atoms with Gasteiger partial charge in [-0.2, -0.15) is 26.3 Å². The minimum absolute atomic E-state index is 0.146. The molecular weight excluding hydrogens is 556 g/mol. The summed E-state index contributed by atoms with van der Waals surface area (Å²) in [6.45, 7) is 7.29. The first-order valence-electron chi connectivity index (χ1n) is 10.7. The Balaban J connectivity index is 0.00000371. The number of ketones is 2. The van der Waals surface area contributed by atoms with Crippen molar-refractivity contribution in [1.82, 2.24) is 0 Å². The van der Waals surface area contributed by atoms with Crippen LogP contribution in [-0.2, 0) is 15.8 Å². The number of nitrogens with zero attached hydrogens (tertiary/aromatic N) is 1. The monoisotopic (exact) mass is 577 g/mol. The van der Waals surface area contributed by atoms with Gasteiger partial charge in [0.2, 0.25) is 11.5 Å². The summed E-state index contributed by atoms with van der Waals surface area (Å²) in [6.07, 6.45) is -7.56. The molecule has 0 atom stereocenters. The molecule has 0 saturated carbocycles. The lowest BCUT2D eigenvalue weighted by molar-refractivity contribution is -0.385. The minimum atomic E-state index is -5.39. The first-order chi connectivity index (χ1) is 18.1. The van der Waals surface area contributed by atoms with Crippen molar-refractivity contribution in [3.63, 3.8) is 0 Å². The van der Waals surface area contributed by atoms with E-state index >= 15 is 0 Å². The summed E-state index contributed by atoms with van der Waals surface area (Å²) in [5, 5.41) is 11.3. The third kappa shape index (κ3) is 8.74. The maximum atomic E-state index is 13.1. The minimum Gasteiger partial charge on any atom is -0.493 e. The summed E-state index contributed by atoms with van der Waals surface area (Å²) in [5.74, 6) is -4.87. The van der Waals surface area contributed by atoms with Gasteiger partial charge in [0.15, 0.2) is 11.5 Å². The average molecular weight is 577 g/mol. The first-order valence-corrected chi connectivity index (χ1v) is 11.2. The van der Waals surface area contributed by atoms with E-state index in [2.05, 4.69) is 19.2 Å². The van der Waals surface area contributed by atoms with Crippen LogP contribution in [0, 0.1) is 10.1 Å². The van der Waals surface area contributed by atoms with E-state index in [9.17, 15) is 46.0 Å². The number of Topliss-reactive ketones (excluding diaryl/α,β-unsaturated/α-hetero) is 2. The molecule has 0 N–H and O–H groups in total. The number of alkyl halides is 6. The molecule has 0 saturated heterocycles. The number of hydrogen-bond acceptors (Lipinski definition) is 7. The van der Waals surface area contributed by atoms with Gasteiger partial charge < -0.3 is 9.47 Å². The quantitative estimate of drug-likeness (QED) is 0.0484. The van der Waals surface area contributed by atoms with Gasteiger partial charge in [-0.1, -0.05) is 32.6 Å². The Bertz CT molecular complexity index is 1320. The molecule has 2 aromatic carbocycles. The van der Waals surface area contributed by atoms with Crippen molar-refractivity contribution < 1.29 is 50.3 Å². The van der Waals surface area contributed by atoms with Crippen molar-refractivity contribution in [3.8, 4) is 17.2 Å². The first kappa shape index (κ1) is 33.0. The molecule has 2 aromatic rings. The maximum absolute atomic E-state index is 13.1. The maximum Gasteiger partial charge on any atom is 0.455 e. The molecule has 0 aliphatic heterocycles. The number of ether oxygens (including phenoxy) is 2. The van der Waals surface area contributed by atoms with E-state index in [1.54, 1.807) is 0 Å². The predicted molar refractivity (Wildman–Crippen MR) is 134 cm³/mol. The highest BCUT2D eigenvalue weighted by molar-refractivity contribution is 7.85. The second-order valence-electron chi connectivity index (χ2n) is 6.95. The number of benzene rings is 2. The molecular formula is C25H21F6NO6S. The third-order valence-corrected chi connectivity index (χ3v) is 4.81. The van der Waals surface area contributed by atoms with Crippen LogP contribution in [0.15, 0.2) is 65.6 Å².